The lowest BCUT2D eigenvalue weighted by molar-refractivity contribution is -0.228. The minimum absolute atomic E-state index is 0.370. The molecular weight excluding hydrogens is 364 g/mol. The van der Waals surface area contributed by atoms with Crippen LogP contribution in [0.4, 0.5) is 0 Å². The van der Waals surface area contributed by atoms with E-state index in [0.29, 0.717) is 22.7 Å². The normalized spacial score (nSPS) is 62.6. The number of thioether (sulfide) groups is 1. The first-order valence-electron chi connectivity index (χ1n) is 12.3. The first kappa shape index (κ1) is 19.0. The topological polar surface area (TPSA) is 29.5 Å². The van der Waals surface area contributed by atoms with Gasteiger partial charge >= 0.3 is 0 Å². The number of hydrogen-bond acceptors (Lipinski definition) is 3. The summed E-state index contributed by atoms with van der Waals surface area (Å²) in [6.45, 7) is 5.33. The van der Waals surface area contributed by atoms with Crippen LogP contribution >= 0.6 is 11.8 Å². The zero-order valence-electron chi connectivity index (χ0n) is 18.2. The Morgan fingerprint density at radius 1 is 0.821 bits per heavy atom. The molecule has 0 amide bonds. The van der Waals surface area contributed by atoms with E-state index in [1.54, 1.807) is 7.11 Å². The predicted molar refractivity (Wildman–Crippen MR) is 115 cm³/mol. The molecule has 1 heterocycles. The van der Waals surface area contributed by atoms with Crippen LogP contribution in [0.1, 0.15) is 84.5 Å². The van der Waals surface area contributed by atoms with Crippen molar-refractivity contribution in [2.75, 3.05) is 7.11 Å². The Morgan fingerprint density at radius 3 is 2.43 bits per heavy atom. The second-order valence-electron chi connectivity index (χ2n) is 12.1. The molecule has 2 nitrogen and oxygen atoms in total. The monoisotopic (exact) mass is 404 g/mol. The molecule has 0 radical (unpaired) electrons. The van der Waals surface area contributed by atoms with Gasteiger partial charge in [0.05, 0.1) is 0 Å². The number of hydrogen-bond donors (Lipinski definition) is 1. The number of aliphatic hydroxyl groups is 1. The Bertz CT molecular complexity index is 652. The molecule has 5 unspecified atom stereocenters. The highest BCUT2D eigenvalue weighted by atomic mass is 32.2. The summed E-state index contributed by atoms with van der Waals surface area (Å²) in [5.41, 5.74) is 1.07. The van der Waals surface area contributed by atoms with E-state index in [4.69, 9.17) is 4.74 Å². The van der Waals surface area contributed by atoms with Gasteiger partial charge in [0, 0.05) is 29.9 Å². The predicted octanol–water partition coefficient (Wildman–Crippen LogP) is 5.87. The van der Waals surface area contributed by atoms with Crippen LogP contribution in [-0.2, 0) is 4.74 Å². The Morgan fingerprint density at radius 2 is 1.61 bits per heavy atom. The van der Waals surface area contributed by atoms with E-state index in [1.165, 1.54) is 57.8 Å². The molecule has 5 aliphatic carbocycles. The highest BCUT2D eigenvalue weighted by Crippen LogP contribution is 2.72. The van der Waals surface area contributed by atoms with Crippen molar-refractivity contribution in [3.63, 3.8) is 0 Å². The zero-order chi connectivity index (χ0) is 19.3. The fourth-order valence-electron chi connectivity index (χ4n) is 9.98. The van der Waals surface area contributed by atoms with E-state index in [9.17, 15) is 5.11 Å². The Balaban J connectivity index is 1.28. The molecule has 1 aliphatic heterocycles. The van der Waals surface area contributed by atoms with Crippen LogP contribution in [-0.4, -0.2) is 28.5 Å². The molecule has 0 aromatic heterocycles. The van der Waals surface area contributed by atoms with E-state index in [2.05, 4.69) is 25.6 Å². The molecule has 28 heavy (non-hydrogen) atoms. The average molecular weight is 405 g/mol. The molecule has 11 atom stereocenters. The van der Waals surface area contributed by atoms with E-state index in [1.807, 2.05) is 0 Å². The average Bonchev–Trinajstić information content (AvgIpc) is 3.16. The SMILES string of the molecule is COC1(O)CCCC1[C@H]1CCC2C3CC[C@H]4C[C@@H]5S[C@@H]5C[C@]4(C)C3CC[C@@]21C. The Hall–Kier alpha value is 0.270. The lowest BCUT2D eigenvalue weighted by atomic mass is 9.44. The summed E-state index contributed by atoms with van der Waals surface area (Å²) in [4.78, 5) is 0. The Labute approximate surface area is 175 Å². The second kappa shape index (κ2) is 6.16. The van der Waals surface area contributed by atoms with Gasteiger partial charge in [0.1, 0.15) is 0 Å². The summed E-state index contributed by atoms with van der Waals surface area (Å²) >= 11 is 2.30. The van der Waals surface area contributed by atoms with Gasteiger partial charge in [-0.3, -0.25) is 0 Å². The fraction of sp³-hybridized carbons (Fsp3) is 1.00. The molecular formula is C25H40O2S. The Kier molecular flexibility index (Phi) is 4.18. The number of fused-ring (bicyclic) bond motifs is 6. The highest BCUT2D eigenvalue weighted by Gasteiger charge is 2.65. The van der Waals surface area contributed by atoms with E-state index in [-0.39, 0.29) is 0 Å². The third-order valence-corrected chi connectivity index (χ3v) is 12.9. The lowest BCUT2D eigenvalue weighted by Gasteiger charge is -2.60. The van der Waals surface area contributed by atoms with Crippen molar-refractivity contribution in [3.05, 3.63) is 0 Å². The summed E-state index contributed by atoms with van der Waals surface area (Å²) in [6.07, 6.45) is 14.8. The second-order valence-corrected chi connectivity index (χ2v) is 13.6. The first-order valence-corrected chi connectivity index (χ1v) is 13.3. The first-order chi connectivity index (χ1) is 13.4. The van der Waals surface area contributed by atoms with Gasteiger partial charge in [0.2, 0.25) is 0 Å². The van der Waals surface area contributed by atoms with Gasteiger partial charge in [0.15, 0.2) is 5.79 Å². The molecule has 6 rings (SSSR count). The quantitative estimate of drug-likeness (QED) is 0.461. The fourth-order valence-corrected chi connectivity index (χ4v) is 11.3. The van der Waals surface area contributed by atoms with E-state index >= 15 is 0 Å². The molecule has 0 aromatic carbocycles. The van der Waals surface area contributed by atoms with Crippen molar-refractivity contribution >= 4 is 11.8 Å². The van der Waals surface area contributed by atoms with Crippen LogP contribution in [0.15, 0.2) is 0 Å². The highest BCUT2D eigenvalue weighted by molar-refractivity contribution is 8.07. The van der Waals surface area contributed by atoms with Crippen LogP contribution in [0.25, 0.3) is 0 Å². The van der Waals surface area contributed by atoms with Crippen molar-refractivity contribution < 1.29 is 9.84 Å². The third-order valence-electron chi connectivity index (χ3n) is 11.5. The molecule has 3 heteroatoms. The number of rotatable bonds is 2. The van der Waals surface area contributed by atoms with Gasteiger partial charge in [-0.1, -0.05) is 13.8 Å². The molecule has 6 fully saturated rings. The van der Waals surface area contributed by atoms with Crippen molar-refractivity contribution in [1.29, 1.82) is 0 Å². The van der Waals surface area contributed by atoms with Crippen LogP contribution in [0.3, 0.4) is 0 Å². The molecule has 158 valence electrons. The van der Waals surface area contributed by atoms with E-state index in [0.717, 1.165) is 47.0 Å². The van der Waals surface area contributed by atoms with Crippen molar-refractivity contribution in [1.82, 2.24) is 0 Å². The van der Waals surface area contributed by atoms with Gasteiger partial charge < -0.3 is 9.84 Å². The lowest BCUT2D eigenvalue weighted by Crippen LogP contribution is -2.54. The van der Waals surface area contributed by atoms with Crippen LogP contribution < -0.4 is 0 Å². The van der Waals surface area contributed by atoms with Crippen molar-refractivity contribution in [2.45, 2.75) is 101 Å². The summed E-state index contributed by atoms with van der Waals surface area (Å²) in [7, 11) is 1.73. The molecule has 1 saturated heterocycles. The van der Waals surface area contributed by atoms with Crippen LogP contribution in [0.5, 0.6) is 0 Å². The zero-order valence-corrected chi connectivity index (χ0v) is 19.0. The number of ether oxygens (including phenoxy) is 1. The maximum atomic E-state index is 11.2. The third kappa shape index (κ3) is 2.42. The van der Waals surface area contributed by atoms with Crippen molar-refractivity contribution in [2.24, 2.45) is 46.3 Å². The largest absolute Gasteiger partial charge is 0.365 e. The molecule has 5 saturated carbocycles. The van der Waals surface area contributed by atoms with E-state index < -0.39 is 5.79 Å². The van der Waals surface area contributed by atoms with Gasteiger partial charge in [-0.25, -0.2) is 0 Å². The molecule has 0 spiro atoms. The molecule has 6 aliphatic rings. The number of methoxy groups -OCH3 is 1. The minimum atomic E-state index is -0.843. The molecule has 0 bridgehead atoms. The summed E-state index contributed by atoms with van der Waals surface area (Å²) in [6, 6.07) is 0. The smallest absolute Gasteiger partial charge is 0.168 e. The van der Waals surface area contributed by atoms with Gasteiger partial charge in [0.25, 0.3) is 0 Å². The van der Waals surface area contributed by atoms with Crippen LogP contribution in [0, 0.1) is 46.3 Å². The summed E-state index contributed by atoms with van der Waals surface area (Å²) in [5, 5.41) is 13.2. The minimum Gasteiger partial charge on any atom is -0.365 e. The molecule has 1 N–H and O–H groups in total. The van der Waals surface area contributed by atoms with Gasteiger partial charge in [-0.15, -0.1) is 0 Å². The maximum Gasteiger partial charge on any atom is 0.168 e. The maximum absolute atomic E-state index is 11.2. The van der Waals surface area contributed by atoms with Gasteiger partial charge in [-0.05, 0) is 105 Å². The standard InChI is InChI=1S/C25H40O2S/c1-23-12-10-18-16(7-6-15-13-21-22(28-21)14-24(15,18)2)17(23)8-9-19(23)20-5-4-11-25(20,26)27-3/h15-22,26H,4-14H2,1-3H3/t15-,16?,17?,18?,19+,20?,21-,22+,23-,24-,25?/m0/s1. The summed E-state index contributed by atoms with van der Waals surface area (Å²) in [5.74, 6) is 4.06. The molecule has 0 aromatic rings. The van der Waals surface area contributed by atoms with Crippen molar-refractivity contribution in [3.8, 4) is 0 Å². The van der Waals surface area contributed by atoms with Gasteiger partial charge in [-0.2, -0.15) is 11.8 Å². The van der Waals surface area contributed by atoms with Crippen LogP contribution in [0.2, 0.25) is 0 Å². The summed E-state index contributed by atoms with van der Waals surface area (Å²) < 4.78 is 5.71.